The minimum Gasteiger partial charge on any atom is -0.497 e. The molecule has 0 saturated heterocycles. The fraction of sp³-hybridized carbons (Fsp3) is 0.222. The summed E-state index contributed by atoms with van der Waals surface area (Å²) in [5, 5.41) is 4.92. The van der Waals surface area contributed by atoms with E-state index in [0.717, 1.165) is 25.3 Å². The number of rotatable bonds is 3. The molecule has 1 aliphatic rings. The van der Waals surface area contributed by atoms with Crippen LogP contribution in [-0.4, -0.2) is 17.6 Å². The zero-order chi connectivity index (χ0) is 14.9. The number of nitrogens with one attached hydrogen (secondary N) is 1. The number of benzene rings is 2. The predicted octanol–water partition coefficient (Wildman–Crippen LogP) is 3.85. The largest absolute Gasteiger partial charge is 0.497 e. The molecular weight excluding hydrogens is 292 g/mol. The third-order valence-electron chi connectivity index (χ3n) is 4.11. The standard InChI is InChI=1S/C18H18N2OS/c1-21-15-5-7-16(8-6-15)22-20-12-14-9-10-19-11-13-3-2-4-17(20)18(13)14/h2-8,12,19H,9-11H2,1H3. The zero-order valence-electron chi connectivity index (χ0n) is 12.5. The van der Waals surface area contributed by atoms with E-state index < -0.39 is 0 Å². The van der Waals surface area contributed by atoms with Crippen LogP contribution in [0.1, 0.15) is 11.1 Å². The molecule has 3 nitrogen and oxygen atoms in total. The average Bonchev–Trinajstić information content (AvgIpc) is 2.77. The van der Waals surface area contributed by atoms with Gasteiger partial charge in [-0.3, -0.25) is 3.97 Å². The maximum Gasteiger partial charge on any atom is 0.118 e. The van der Waals surface area contributed by atoms with E-state index in [1.807, 2.05) is 12.1 Å². The maximum absolute atomic E-state index is 5.23. The Balaban J connectivity index is 1.75. The van der Waals surface area contributed by atoms with Crippen LogP contribution in [0.3, 0.4) is 0 Å². The molecule has 1 N–H and O–H groups in total. The number of hydrogen-bond acceptors (Lipinski definition) is 3. The Hall–Kier alpha value is -1.91. The number of methoxy groups -OCH3 is 1. The van der Waals surface area contributed by atoms with Crippen molar-refractivity contribution in [3.63, 3.8) is 0 Å². The summed E-state index contributed by atoms with van der Waals surface area (Å²) in [7, 11) is 1.70. The average molecular weight is 310 g/mol. The summed E-state index contributed by atoms with van der Waals surface area (Å²) in [6.07, 6.45) is 3.37. The lowest BCUT2D eigenvalue weighted by Crippen LogP contribution is -2.13. The number of hydrogen-bond donors (Lipinski definition) is 1. The van der Waals surface area contributed by atoms with Gasteiger partial charge in [0.25, 0.3) is 0 Å². The van der Waals surface area contributed by atoms with Crippen molar-refractivity contribution >= 4 is 22.9 Å². The molecule has 0 fully saturated rings. The summed E-state index contributed by atoms with van der Waals surface area (Å²) in [6.45, 7) is 2.00. The van der Waals surface area contributed by atoms with Gasteiger partial charge in [0.15, 0.2) is 0 Å². The van der Waals surface area contributed by atoms with Crippen molar-refractivity contribution in [2.24, 2.45) is 0 Å². The molecular formula is C18H18N2OS. The highest BCUT2D eigenvalue weighted by Gasteiger charge is 2.15. The molecule has 3 aromatic rings. The van der Waals surface area contributed by atoms with E-state index in [-0.39, 0.29) is 0 Å². The molecule has 0 saturated carbocycles. The van der Waals surface area contributed by atoms with Crippen LogP contribution in [-0.2, 0) is 13.0 Å². The first-order valence-electron chi connectivity index (χ1n) is 7.50. The van der Waals surface area contributed by atoms with Crippen LogP contribution in [0, 0.1) is 0 Å². The van der Waals surface area contributed by atoms with E-state index in [4.69, 9.17) is 4.74 Å². The molecule has 4 heteroatoms. The molecule has 1 aliphatic heterocycles. The Labute approximate surface area is 134 Å². The molecule has 0 radical (unpaired) electrons. The first-order chi connectivity index (χ1) is 10.8. The Morgan fingerprint density at radius 2 is 1.95 bits per heavy atom. The quantitative estimate of drug-likeness (QED) is 0.796. The molecule has 0 unspecified atom stereocenters. The molecule has 112 valence electrons. The minimum atomic E-state index is 0.894. The molecule has 0 spiro atoms. The second kappa shape index (κ2) is 5.71. The van der Waals surface area contributed by atoms with Gasteiger partial charge in [0.2, 0.25) is 0 Å². The van der Waals surface area contributed by atoms with Gasteiger partial charge in [-0.15, -0.1) is 0 Å². The summed E-state index contributed by atoms with van der Waals surface area (Å²) in [5.74, 6) is 0.894. The fourth-order valence-corrected chi connectivity index (χ4v) is 3.94. The van der Waals surface area contributed by atoms with Crippen molar-refractivity contribution in [1.29, 1.82) is 0 Å². The van der Waals surface area contributed by atoms with E-state index in [9.17, 15) is 0 Å². The van der Waals surface area contributed by atoms with Crippen molar-refractivity contribution < 1.29 is 4.74 Å². The lowest BCUT2D eigenvalue weighted by Gasteiger charge is -2.07. The van der Waals surface area contributed by atoms with Gasteiger partial charge in [0.05, 0.1) is 12.6 Å². The molecule has 0 atom stereocenters. The summed E-state index contributed by atoms with van der Waals surface area (Å²) in [6, 6.07) is 14.8. The highest BCUT2D eigenvalue weighted by molar-refractivity contribution is 7.98. The molecule has 2 aromatic carbocycles. The van der Waals surface area contributed by atoms with Crippen LogP contribution in [0.4, 0.5) is 0 Å². The summed E-state index contributed by atoms with van der Waals surface area (Å²) in [4.78, 5) is 1.21. The van der Waals surface area contributed by atoms with E-state index >= 15 is 0 Å². The minimum absolute atomic E-state index is 0.894. The Bertz CT molecular complexity index is 808. The SMILES string of the molecule is COc1ccc(Sn2cc3c4c(cccc42)CNCC3)cc1. The third kappa shape index (κ3) is 2.38. The van der Waals surface area contributed by atoms with Gasteiger partial charge in [0, 0.05) is 23.0 Å². The zero-order valence-corrected chi connectivity index (χ0v) is 13.3. The Morgan fingerprint density at radius 1 is 1.09 bits per heavy atom. The van der Waals surface area contributed by atoms with E-state index in [1.165, 1.54) is 26.9 Å². The smallest absolute Gasteiger partial charge is 0.118 e. The van der Waals surface area contributed by atoms with Crippen LogP contribution >= 0.6 is 11.9 Å². The maximum atomic E-state index is 5.23. The highest BCUT2D eigenvalue weighted by atomic mass is 32.2. The van der Waals surface area contributed by atoms with Gasteiger partial charge in [-0.1, -0.05) is 12.1 Å². The van der Waals surface area contributed by atoms with E-state index in [0.29, 0.717) is 0 Å². The number of nitrogens with zero attached hydrogens (tertiary/aromatic N) is 1. The van der Waals surface area contributed by atoms with Crippen LogP contribution in [0.5, 0.6) is 5.75 Å². The topological polar surface area (TPSA) is 26.2 Å². The van der Waals surface area contributed by atoms with Gasteiger partial charge >= 0.3 is 0 Å². The lowest BCUT2D eigenvalue weighted by atomic mass is 10.1. The molecule has 0 bridgehead atoms. The van der Waals surface area contributed by atoms with Crippen LogP contribution in [0.25, 0.3) is 10.9 Å². The summed E-state index contributed by atoms with van der Waals surface area (Å²) >= 11 is 1.76. The van der Waals surface area contributed by atoms with E-state index in [1.54, 1.807) is 19.1 Å². The van der Waals surface area contributed by atoms with Crippen LogP contribution in [0.15, 0.2) is 53.6 Å². The number of aromatic nitrogens is 1. The lowest BCUT2D eigenvalue weighted by molar-refractivity contribution is 0.414. The number of ether oxygens (including phenoxy) is 1. The van der Waals surface area contributed by atoms with Crippen molar-refractivity contribution in [2.75, 3.05) is 13.7 Å². The van der Waals surface area contributed by atoms with Crippen LogP contribution in [0.2, 0.25) is 0 Å². The van der Waals surface area contributed by atoms with Crippen molar-refractivity contribution in [3.05, 3.63) is 59.8 Å². The van der Waals surface area contributed by atoms with Gasteiger partial charge in [0.1, 0.15) is 5.75 Å². The first-order valence-corrected chi connectivity index (χ1v) is 8.27. The molecule has 4 rings (SSSR count). The molecule has 22 heavy (non-hydrogen) atoms. The normalized spacial score (nSPS) is 14.0. The van der Waals surface area contributed by atoms with Crippen molar-refractivity contribution in [3.8, 4) is 5.75 Å². The van der Waals surface area contributed by atoms with Gasteiger partial charge in [-0.2, -0.15) is 0 Å². The van der Waals surface area contributed by atoms with Gasteiger partial charge in [-0.05, 0) is 66.4 Å². The second-order valence-electron chi connectivity index (χ2n) is 5.48. The molecule has 2 heterocycles. The third-order valence-corrected chi connectivity index (χ3v) is 5.09. The second-order valence-corrected chi connectivity index (χ2v) is 6.53. The highest BCUT2D eigenvalue weighted by Crippen LogP contribution is 2.33. The first kappa shape index (κ1) is 13.7. The Kier molecular flexibility index (Phi) is 3.56. The van der Waals surface area contributed by atoms with Gasteiger partial charge < -0.3 is 10.1 Å². The van der Waals surface area contributed by atoms with Gasteiger partial charge in [-0.25, -0.2) is 0 Å². The predicted molar refractivity (Wildman–Crippen MR) is 91.6 cm³/mol. The van der Waals surface area contributed by atoms with Crippen LogP contribution < -0.4 is 10.1 Å². The monoisotopic (exact) mass is 310 g/mol. The Morgan fingerprint density at radius 3 is 2.77 bits per heavy atom. The molecule has 0 aliphatic carbocycles. The van der Waals surface area contributed by atoms with E-state index in [2.05, 4.69) is 45.8 Å². The fourth-order valence-electron chi connectivity index (χ4n) is 3.03. The van der Waals surface area contributed by atoms with Crippen molar-refractivity contribution in [2.45, 2.75) is 17.9 Å². The summed E-state index contributed by atoms with van der Waals surface area (Å²) in [5.41, 5.74) is 4.15. The van der Waals surface area contributed by atoms with Crippen molar-refractivity contribution in [1.82, 2.24) is 9.29 Å². The molecule has 1 aromatic heterocycles. The molecule has 0 amide bonds. The summed E-state index contributed by atoms with van der Waals surface area (Å²) < 4.78 is 7.52.